The quantitative estimate of drug-likeness (QED) is 0.775. The monoisotopic (exact) mass is 256 g/mol. The fourth-order valence-corrected chi connectivity index (χ4v) is 1.88. The number of hydrogen-bond acceptors (Lipinski definition) is 2. The third kappa shape index (κ3) is 1.96. The van der Waals surface area contributed by atoms with E-state index in [-0.39, 0.29) is 22.8 Å². The molecule has 1 saturated heterocycles. The third-order valence-corrected chi connectivity index (χ3v) is 2.90. The summed E-state index contributed by atoms with van der Waals surface area (Å²) >= 11 is 5.78. The van der Waals surface area contributed by atoms with Crippen LogP contribution < -0.4 is 4.90 Å². The first kappa shape index (κ1) is 11.8. The Balaban J connectivity index is 2.35. The van der Waals surface area contributed by atoms with Gasteiger partial charge >= 0.3 is 5.92 Å². The second kappa shape index (κ2) is 3.97. The zero-order valence-corrected chi connectivity index (χ0v) is 9.34. The van der Waals surface area contributed by atoms with Gasteiger partial charge in [0, 0.05) is 18.7 Å². The van der Waals surface area contributed by atoms with E-state index < -0.39 is 18.3 Å². The van der Waals surface area contributed by atoms with Crippen LogP contribution in [0.3, 0.4) is 0 Å². The summed E-state index contributed by atoms with van der Waals surface area (Å²) < 4.78 is 26.1. The molecule has 1 amide bonds. The molecule has 0 atom stereocenters. The van der Waals surface area contributed by atoms with Crippen molar-refractivity contribution in [1.82, 2.24) is 0 Å². The highest BCUT2D eigenvalue weighted by Gasteiger charge is 2.48. The van der Waals surface area contributed by atoms with E-state index in [2.05, 4.69) is 0 Å². The van der Waals surface area contributed by atoms with E-state index >= 15 is 0 Å². The minimum Gasteiger partial charge on any atom is -0.307 e. The molecule has 0 radical (unpaired) electrons. The average molecular weight is 257 g/mol. The summed E-state index contributed by atoms with van der Waals surface area (Å²) in [5.74, 6) is -4.53. The van der Waals surface area contributed by atoms with Crippen LogP contribution in [0.4, 0.5) is 14.5 Å². The van der Waals surface area contributed by atoms with E-state index in [0.29, 0.717) is 0 Å². The Morgan fingerprint density at radius 3 is 2.65 bits per heavy atom. The Kier molecular flexibility index (Phi) is 2.76. The lowest BCUT2D eigenvalue weighted by atomic mass is 10.2. The summed E-state index contributed by atoms with van der Waals surface area (Å²) in [7, 11) is 0. The molecular weight excluding hydrogens is 250 g/mol. The van der Waals surface area contributed by atoms with E-state index in [1.165, 1.54) is 18.2 Å². The van der Waals surface area contributed by atoms with Crippen LogP contribution in [-0.2, 0) is 4.79 Å². The van der Waals surface area contributed by atoms with Gasteiger partial charge in [-0.1, -0.05) is 11.6 Å². The first-order valence-electron chi connectivity index (χ1n) is 4.85. The normalized spacial score (nSPS) is 18.2. The van der Waals surface area contributed by atoms with Crippen molar-refractivity contribution in [3.8, 4) is 6.07 Å². The molecule has 0 aliphatic carbocycles. The molecule has 0 unspecified atom stereocenters. The second-order valence-electron chi connectivity index (χ2n) is 3.69. The Labute approximate surface area is 101 Å². The molecule has 0 bridgehead atoms. The number of nitrogens with zero attached hydrogens (tertiary/aromatic N) is 2. The van der Waals surface area contributed by atoms with Crippen LogP contribution >= 0.6 is 11.6 Å². The molecule has 0 aromatic heterocycles. The number of nitriles is 1. The van der Waals surface area contributed by atoms with Gasteiger partial charge in [-0.3, -0.25) is 4.79 Å². The zero-order chi connectivity index (χ0) is 12.6. The predicted molar refractivity (Wildman–Crippen MR) is 58.1 cm³/mol. The molecule has 88 valence electrons. The van der Waals surface area contributed by atoms with E-state index in [1.807, 2.05) is 6.07 Å². The number of benzene rings is 1. The minimum atomic E-state index is -3.31. The fraction of sp³-hybridized carbons (Fsp3) is 0.273. The zero-order valence-electron chi connectivity index (χ0n) is 8.58. The van der Waals surface area contributed by atoms with Gasteiger partial charge in [-0.15, -0.1) is 0 Å². The molecule has 17 heavy (non-hydrogen) atoms. The van der Waals surface area contributed by atoms with E-state index in [4.69, 9.17) is 16.9 Å². The lowest BCUT2D eigenvalue weighted by molar-refractivity contribution is -0.137. The number of amides is 1. The minimum absolute atomic E-state index is 0.0476. The predicted octanol–water partition coefficient (Wildman–Crippen LogP) is 2.58. The lowest BCUT2D eigenvalue weighted by Gasteiger charge is -2.16. The SMILES string of the molecule is N#Cc1ccc(N2CCC(F)(F)C2=O)cc1Cl. The van der Waals surface area contributed by atoms with Gasteiger partial charge in [0.1, 0.15) is 6.07 Å². The van der Waals surface area contributed by atoms with Crippen molar-refractivity contribution < 1.29 is 13.6 Å². The number of carbonyl (C=O) groups excluding carboxylic acids is 1. The Hall–Kier alpha value is -1.67. The van der Waals surface area contributed by atoms with Crippen molar-refractivity contribution in [2.24, 2.45) is 0 Å². The van der Waals surface area contributed by atoms with Crippen molar-refractivity contribution in [3.63, 3.8) is 0 Å². The number of rotatable bonds is 1. The fourth-order valence-electron chi connectivity index (χ4n) is 1.67. The van der Waals surface area contributed by atoms with E-state index in [1.54, 1.807) is 0 Å². The molecule has 1 heterocycles. The van der Waals surface area contributed by atoms with Gasteiger partial charge in [-0.2, -0.15) is 14.0 Å². The molecule has 2 rings (SSSR count). The van der Waals surface area contributed by atoms with Crippen LogP contribution in [0.2, 0.25) is 5.02 Å². The van der Waals surface area contributed by atoms with Crippen molar-refractivity contribution in [2.75, 3.05) is 11.4 Å². The number of halogens is 3. The molecule has 0 spiro atoms. The van der Waals surface area contributed by atoms with Crippen molar-refractivity contribution in [3.05, 3.63) is 28.8 Å². The van der Waals surface area contributed by atoms with Crippen LogP contribution in [0.25, 0.3) is 0 Å². The summed E-state index contributed by atoms with van der Waals surface area (Å²) in [6, 6.07) is 6.04. The first-order chi connectivity index (χ1) is 7.95. The van der Waals surface area contributed by atoms with Crippen LogP contribution in [-0.4, -0.2) is 18.4 Å². The van der Waals surface area contributed by atoms with Crippen molar-refractivity contribution >= 4 is 23.2 Å². The molecule has 1 aliphatic heterocycles. The molecular formula is C11H7ClF2N2O. The molecule has 1 aromatic rings. The topological polar surface area (TPSA) is 44.1 Å². The molecule has 0 saturated carbocycles. The maximum atomic E-state index is 13.0. The number of anilines is 1. The van der Waals surface area contributed by atoms with Crippen LogP contribution in [0.15, 0.2) is 18.2 Å². The molecule has 6 heteroatoms. The molecule has 1 aliphatic rings. The van der Waals surface area contributed by atoms with Gasteiger partial charge in [-0.25, -0.2) is 0 Å². The summed E-state index contributed by atoms with van der Waals surface area (Å²) in [5, 5.41) is 8.82. The van der Waals surface area contributed by atoms with Gasteiger partial charge in [0.15, 0.2) is 0 Å². The summed E-state index contributed by atoms with van der Waals surface area (Å²) in [6.07, 6.45) is -0.497. The van der Waals surface area contributed by atoms with E-state index in [9.17, 15) is 13.6 Å². The first-order valence-corrected chi connectivity index (χ1v) is 5.23. The van der Waals surface area contributed by atoms with Gasteiger partial charge in [0.2, 0.25) is 0 Å². The van der Waals surface area contributed by atoms with Crippen molar-refractivity contribution in [2.45, 2.75) is 12.3 Å². The van der Waals surface area contributed by atoms with Gasteiger partial charge in [-0.05, 0) is 18.2 Å². The highest BCUT2D eigenvalue weighted by atomic mass is 35.5. The maximum absolute atomic E-state index is 13.0. The summed E-state index contributed by atoms with van der Waals surface area (Å²) in [6.45, 7) is -0.0476. The summed E-state index contributed by atoms with van der Waals surface area (Å²) in [5.41, 5.74) is 0.532. The Bertz CT molecular complexity index is 525. The molecule has 3 nitrogen and oxygen atoms in total. The third-order valence-electron chi connectivity index (χ3n) is 2.59. The largest absolute Gasteiger partial charge is 0.326 e. The Morgan fingerprint density at radius 1 is 1.47 bits per heavy atom. The van der Waals surface area contributed by atoms with Crippen LogP contribution in [0.1, 0.15) is 12.0 Å². The molecule has 1 aromatic carbocycles. The van der Waals surface area contributed by atoms with E-state index in [0.717, 1.165) is 4.90 Å². The number of carbonyl (C=O) groups is 1. The number of hydrogen-bond donors (Lipinski definition) is 0. The smallest absolute Gasteiger partial charge is 0.307 e. The molecule has 0 N–H and O–H groups in total. The molecule has 1 fully saturated rings. The second-order valence-corrected chi connectivity index (χ2v) is 4.09. The Morgan fingerprint density at radius 2 is 2.18 bits per heavy atom. The lowest BCUT2D eigenvalue weighted by Crippen LogP contribution is -2.33. The van der Waals surface area contributed by atoms with Crippen LogP contribution in [0.5, 0.6) is 0 Å². The van der Waals surface area contributed by atoms with Crippen LogP contribution in [0, 0.1) is 11.3 Å². The van der Waals surface area contributed by atoms with Gasteiger partial charge < -0.3 is 4.90 Å². The van der Waals surface area contributed by atoms with Gasteiger partial charge in [0.05, 0.1) is 10.6 Å². The highest BCUT2D eigenvalue weighted by Crippen LogP contribution is 2.33. The van der Waals surface area contributed by atoms with Gasteiger partial charge in [0.25, 0.3) is 5.91 Å². The number of alkyl halides is 2. The van der Waals surface area contributed by atoms with Crippen molar-refractivity contribution in [1.29, 1.82) is 5.26 Å². The highest BCUT2D eigenvalue weighted by molar-refractivity contribution is 6.32. The maximum Gasteiger partial charge on any atom is 0.326 e. The average Bonchev–Trinajstić information content (AvgIpc) is 2.54. The summed E-state index contributed by atoms with van der Waals surface area (Å²) in [4.78, 5) is 12.3. The standard InChI is InChI=1S/C11H7ClF2N2O/c12-9-5-8(2-1-7(9)6-15)16-4-3-11(13,14)10(16)17/h1-2,5H,3-4H2.